The first-order chi connectivity index (χ1) is 16.5. The maximum Gasteiger partial charge on any atom is 0.341 e. The lowest BCUT2D eigenvalue weighted by atomic mass is 10.1. The molecule has 0 bridgehead atoms. The number of aromatic nitrogens is 2. The van der Waals surface area contributed by atoms with Gasteiger partial charge in [-0.25, -0.2) is 22.4 Å². The summed E-state index contributed by atoms with van der Waals surface area (Å²) in [7, 11) is 0. The number of carbonyl (C=O) groups excluding carboxylic acids is 3. The molecule has 3 aromatic heterocycles. The topological polar surface area (TPSA) is 103 Å². The number of ether oxygens (including phenoxy) is 1. The Morgan fingerprint density at radius 3 is 2.49 bits per heavy atom. The van der Waals surface area contributed by atoms with Crippen molar-refractivity contribution < 1.29 is 41.1 Å². The number of carbonyl (C=O) groups is 3. The highest BCUT2D eigenvalue weighted by Crippen LogP contribution is 2.36. The van der Waals surface area contributed by atoms with Gasteiger partial charge in [0, 0.05) is 0 Å². The van der Waals surface area contributed by atoms with Crippen LogP contribution in [0.4, 0.5) is 22.6 Å². The van der Waals surface area contributed by atoms with E-state index in [0.717, 1.165) is 11.3 Å². The third kappa shape index (κ3) is 5.40. The fourth-order valence-electron chi connectivity index (χ4n) is 3.22. The van der Waals surface area contributed by atoms with E-state index in [1.54, 1.807) is 13.8 Å². The van der Waals surface area contributed by atoms with Crippen molar-refractivity contribution in [1.29, 1.82) is 0 Å². The van der Waals surface area contributed by atoms with Gasteiger partial charge in [0.1, 0.15) is 22.1 Å². The van der Waals surface area contributed by atoms with Crippen LogP contribution in [0.25, 0.3) is 0 Å². The second-order valence-corrected chi connectivity index (χ2v) is 8.50. The lowest BCUT2D eigenvalue weighted by Crippen LogP contribution is -2.14. The average Bonchev–Trinajstić information content (AvgIpc) is 3.44. The second kappa shape index (κ2) is 10.6. The summed E-state index contributed by atoms with van der Waals surface area (Å²) in [6.45, 7) is 4.03. The van der Waals surface area contributed by atoms with Crippen molar-refractivity contribution in [2.24, 2.45) is 0 Å². The second-order valence-electron chi connectivity index (χ2n) is 7.10. The highest BCUT2D eigenvalue weighted by atomic mass is 35.5. The van der Waals surface area contributed by atoms with Crippen LogP contribution in [-0.2, 0) is 11.3 Å². The van der Waals surface area contributed by atoms with Crippen LogP contribution in [0.3, 0.4) is 0 Å². The molecule has 14 heteroatoms. The average molecular weight is 536 g/mol. The number of thiophene rings is 1. The van der Waals surface area contributed by atoms with Crippen LogP contribution in [0.1, 0.15) is 80.0 Å². The summed E-state index contributed by atoms with van der Waals surface area (Å²) in [5.41, 5.74) is -1.53. The molecule has 0 aliphatic rings. The van der Waals surface area contributed by atoms with Crippen LogP contribution in [0.15, 0.2) is 16.5 Å². The Balaban J connectivity index is 1.87. The van der Waals surface area contributed by atoms with E-state index in [4.69, 9.17) is 20.8 Å². The predicted molar refractivity (Wildman–Crippen MR) is 118 cm³/mol. The van der Waals surface area contributed by atoms with E-state index < -0.39 is 47.7 Å². The number of Topliss-reactive ketones (excluding diaryl/α,β-unsaturated/α-hetero) is 1. The minimum Gasteiger partial charge on any atom is -0.462 e. The highest BCUT2D eigenvalue weighted by Gasteiger charge is 2.29. The summed E-state index contributed by atoms with van der Waals surface area (Å²) >= 11 is 6.52. The number of amides is 1. The van der Waals surface area contributed by atoms with Gasteiger partial charge in [-0.1, -0.05) is 11.6 Å². The molecule has 3 rings (SSSR count). The zero-order valence-electron chi connectivity index (χ0n) is 18.5. The van der Waals surface area contributed by atoms with E-state index in [9.17, 15) is 31.9 Å². The lowest BCUT2D eigenvalue weighted by Gasteiger charge is -2.06. The molecule has 0 unspecified atom stereocenters. The highest BCUT2D eigenvalue weighted by molar-refractivity contribution is 7.18. The number of furan rings is 1. The quantitative estimate of drug-likeness (QED) is 0.203. The van der Waals surface area contributed by atoms with Gasteiger partial charge in [0.05, 0.1) is 28.6 Å². The molecule has 3 heterocycles. The van der Waals surface area contributed by atoms with E-state index in [-0.39, 0.29) is 39.4 Å². The number of hydrogen-bond donors (Lipinski definition) is 1. The van der Waals surface area contributed by atoms with Crippen molar-refractivity contribution >= 4 is 45.6 Å². The van der Waals surface area contributed by atoms with Crippen molar-refractivity contribution in [2.75, 3.05) is 11.9 Å². The van der Waals surface area contributed by atoms with Crippen molar-refractivity contribution in [3.05, 3.63) is 56.1 Å². The summed E-state index contributed by atoms with van der Waals surface area (Å²) < 4.78 is 63.7. The molecule has 1 amide bonds. The zero-order chi connectivity index (χ0) is 26.0. The number of anilines is 1. The van der Waals surface area contributed by atoms with Crippen LogP contribution >= 0.6 is 22.9 Å². The number of nitrogens with one attached hydrogen (secondary N) is 1. The van der Waals surface area contributed by atoms with Crippen molar-refractivity contribution in [1.82, 2.24) is 9.78 Å². The molecule has 0 atom stereocenters. The Kier molecular flexibility index (Phi) is 8.00. The van der Waals surface area contributed by atoms with E-state index >= 15 is 0 Å². The molecule has 0 aromatic carbocycles. The molecule has 188 valence electrons. The van der Waals surface area contributed by atoms with Crippen LogP contribution < -0.4 is 5.32 Å². The molecule has 3 aromatic rings. The Morgan fingerprint density at radius 2 is 1.91 bits per heavy atom. The number of alkyl halides is 4. The summed E-state index contributed by atoms with van der Waals surface area (Å²) in [6.07, 6.45) is -6.35. The molecule has 8 nitrogen and oxygen atoms in total. The molecular formula is C21H18ClF4N3O5S. The Labute approximate surface area is 204 Å². The van der Waals surface area contributed by atoms with Gasteiger partial charge in [-0.2, -0.15) is 5.10 Å². The van der Waals surface area contributed by atoms with Gasteiger partial charge < -0.3 is 14.5 Å². The van der Waals surface area contributed by atoms with Gasteiger partial charge in [-0.05, 0) is 38.5 Å². The van der Waals surface area contributed by atoms with E-state index in [0.29, 0.717) is 10.2 Å². The molecular weight excluding hydrogens is 518 g/mol. The first-order valence-corrected chi connectivity index (χ1v) is 11.2. The van der Waals surface area contributed by atoms with Crippen LogP contribution in [-0.4, -0.2) is 34.0 Å². The lowest BCUT2D eigenvalue weighted by molar-refractivity contribution is 0.0527. The fraction of sp³-hybridized carbons (Fsp3) is 0.333. The van der Waals surface area contributed by atoms with Gasteiger partial charge in [-0.15, -0.1) is 11.3 Å². The minimum atomic E-state index is -3.18. The fourth-order valence-corrected chi connectivity index (χ4v) is 4.61. The third-order valence-electron chi connectivity index (χ3n) is 4.73. The third-order valence-corrected chi connectivity index (χ3v) is 6.43. The molecule has 0 fully saturated rings. The monoisotopic (exact) mass is 535 g/mol. The number of nitrogens with zero attached hydrogens (tertiary/aromatic N) is 2. The van der Waals surface area contributed by atoms with Crippen molar-refractivity contribution in [2.45, 2.75) is 40.2 Å². The standard InChI is InChI=1S/C21H18ClF4N3O5S/c1-4-33-21(32)12-8(2)16(9(3)30)35-20(12)27-19(31)11-6-5-10(34-11)7-29-15(18(25)26)13(22)14(28-29)17(23)24/h5-6,17-18H,4,7H2,1-3H3,(H,27,31). The Bertz CT molecular complexity index is 1280. The molecule has 0 saturated heterocycles. The van der Waals surface area contributed by atoms with Crippen LogP contribution in [0.2, 0.25) is 5.02 Å². The Hall–Kier alpha value is -3.19. The smallest absolute Gasteiger partial charge is 0.341 e. The number of halogens is 5. The van der Waals surface area contributed by atoms with Crippen molar-refractivity contribution in [3.8, 4) is 0 Å². The number of rotatable bonds is 9. The summed E-state index contributed by atoms with van der Waals surface area (Å²) in [5, 5.41) is 5.14. The zero-order valence-corrected chi connectivity index (χ0v) is 20.0. The molecule has 0 aliphatic carbocycles. The van der Waals surface area contributed by atoms with Gasteiger partial charge >= 0.3 is 5.97 Å². The first kappa shape index (κ1) is 26.4. The van der Waals surface area contributed by atoms with Crippen LogP contribution in [0.5, 0.6) is 0 Å². The molecule has 35 heavy (non-hydrogen) atoms. The maximum absolute atomic E-state index is 13.3. The molecule has 1 N–H and O–H groups in total. The first-order valence-electron chi connectivity index (χ1n) is 10.00. The predicted octanol–water partition coefficient (Wildman–Crippen LogP) is 6.05. The minimum absolute atomic E-state index is 0.0227. The number of esters is 1. The molecule has 0 spiro atoms. The van der Waals surface area contributed by atoms with Gasteiger partial charge in [0.15, 0.2) is 11.5 Å². The summed E-state index contributed by atoms with van der Waals surface area (Å²) in [6, 6.07) is 2.50. The van der Waals surface area contributed by atoms with Gasteiger partial charge in [0.25, 0.3) is 18.8 Å². The normalized spacial score (nSPS) is 11.4. The SMILES string of the molecule is CCOC(=O)c1c(NC(=O)c2ccc(Cn3nc(C(F)F)c(Cl)c3C(F)F)o2)sc(C(C)=O)c1C. The molecule has 0 radical (unpaired) electrons. The van der Waals surface area contributed by atoms with E-state index in [1.165, 1.54) is 19.1 Å². The van der Waals surface area contributed by atoms with Gasteiger partial charge in [-0.3, -0.25) is 14.3 Å². The van der Waals surface area contributed by atoms with Crippen molar-refractivity contribution in [3.63, 3.8) is 0 Å². The van der Waals surface area contributed by atoms with Crippen LogP contribution in [0, 0.1) is 6.92 Å². The number of ketones is 1. The van der Waals surface area contributed by atoms with E-state index in [2.05, 4.69) is 10.4 Å². The summed E-state index contributed by atoms with van der Waals surface area (Å²) in [5.74, 6) is -2.16. The van der Waals surface area contributed by atoms with E-state index in [1.807, 2.05) is 0 Å². The Morgan fingerprint density at radius 1 is 1.23 bits per heavy atom. The van der Waals surface area contributed by atoms with Gasteiger partial charge in [0.2, 0.25) is 0 Å². The molecule has 0 saturated carbocycles. The number of hydrogen-bond acceptors (Lipinski definition) is 7. The summed E-state index contributed by atoms with van der Waals surface area (Å²) in [4.78, 5) is 37.3. The maximum atomic E-state index is 13.3. The molecule has 0 aliphatic heterocycles. The largest absolute Gasteiger partial charge is 0.462 e.